The third-order valence-electron chi connectivity index (χ3n) is 3.95. The second kappa shape index (κ2) is 9.78. The van der Waals surface area contributed by atoms with Crippen LogP contribution in [0, 0.1) is 0 Å². The van der Waals surface area contributed by atoms with Crippen molar-refractivity contribution in [3.8, 4) is 11.5 Å². The lowest BCUT2D eigenvalue weighted by Gasteiger charge is -2.13. The van der Waals surface area contributed by atoms with Gasteiger partial charge in [-0.3, -0.25) is 0 Å². The molecule has 0 atom stereocenters. The summed E-state index contributed by atoms with van der Waals surface area (Å²) in [5, 5.41) is 4.32. The minimum atomic E-state index is 0.450. The Labute approximate surface area is 168 Å². The third-order valence-corrected chi connectivity index (χ3v) is 4.48. The standard InChI is InChI=1S/C22H21BrN2O2/c1-26-21-9-5-8-19(15-25-24-14-17-6-3-2-4-7-17)22(21)27-16-18-10-12-20(23)13-11-18/h2-13,15,24H,14,16H2,1H3. The van der Waals surface area contributed by atoms with E-state index >= 15 is 0 Å². The van der Waals surface area contributed by atoms with Crippen molar-refractivity contribution in [2.75, 3.05) is 7.11 Å². The second-order valence-corrected chi connectivity index (χ2v) is 6.79. The van der Waals surface area contributed by atoms with E-state index in [2.05, 4.69) is 38.6 Å². The van der Waals surface area contributed by atoms with Crippen LogP contribution in [0.1, 0.15) is 16.7 Å². The van der Waals surface area contributed by atoms with E-state index in [1.54, 1.807) is 13.3 Å². The van der Waals surface area contributed by atoms with Gasteiger partial charge >= 0.3 is 0 Å². The van der Waals surface area contributed by atoms with Crippen molar-refractivity contribution in [2.45, 2.75) is 13.2 Å². The van der Waals surface area contributed by atoms with Crippen LogP contribution in [-0.4, -0.2) is 13.3 Å². The number of rotatable bonds is 8. The molecule has 0 fully saturated rings. The number of hydrogen-bond donors (Lipinski definition) is 1. The maximum absolute atomic E-state index is 6.04. The Bertz CT molecular complexity index is 881. The Kier molecular flexibility index (Phi) is 6.88. The molecule has 1 N–H and O–H groups in total. The van der Waals surface area contributed by atoms with Gasteiger partial charge in [0.1, 0.15) is 6.61 Å². The average Bonchev–Trinajstić information content (AvgIpc) is 2.72. The van der Waals surface area contributed by atoms with Crippen molar-refractivity contribution in [1.29, 1.82) is 0 Å². The molecule has 0 amide bonds. The van der Waals surface area contributed by atoms with Gasteiger partial charge in [0.05, 0.1) is 19.9 Å². The summed E-state index contributed by atoms with van der Waals surface area (Å²) >= 11 is 3.44. The molecule has 0 spiro atoms. The molecule has 4 nitrogen and oxygen atoms in total. The van der Waals surface area contributed by atoms with Gasteiger partial charge in [-0.15, -0.1) is 0 Å². The molecule has 0 aliphatic heterocycles. The summed E-state index contributed by atoms with van der Waals surface area (Å²) in [6, 6.07) is 23.9. The highest BCUT2D eigenvalue weighted by Crippen LogP contribution is 2.31. The Morgan fingerprint density at radius 2 is 1.70 bits per heavy atom. The van der Waals surface area contributed by atoms with Gasteiger partial charge in [-0.25, -0.2) is 0 Å². The van der Waals surface area contributed by atoms with Crippen molar-refractivity contribution >= 4 is 22.1 Å². The van der Waals surface area contributed by atoms with Gasteiger partial charge in [-0.2, -0.15) is 5.10 Å². The van der Waals surface area contributed by atoms with Crippen LogP contribution >= 0.6 is 15.9 Å². The smallest absolute Gasteiger partial charge is 0.170 e. The van der Waals surface area contributed by atoms with Crippen molar-refractivity contribution in [1.82, 2.24) is 5.43 Å². The van der Waals surface area contributed by atoms with Crippen LogP contribution in [0.25, 0.3) is 0 Å². The minimum Gasteiger partial charge on any atom is -0.493 e. The number of benzene rings is 3. The van der Waals surface area contributed by atoms with E-state index in [9.17, 15) is 0 Å². The quantitative estimate of drug-likeness (QED) is 0.401. The van der Waals surface area contributed by atoms with Gasteiger partial charge in [-0.05, 0) is 35.4 Å². The topological polar surface area (TPSA) is 42.8 Å². The number of hydrazone groups is 1. The molecule has 3 aromatic carbocycles. The summed E-state index contributed by atoms with van der Waals surface area (Å²) in [5.41, 5.74) is 6.17. The van der Waals surface area contributed by atoms with Crippen molar-refractivity contribution in [3.63, 3.8) is 0 Å². The lowest BCUT2D eigenvalue weighted by atomic mass is 10.2. The van der Waals surface area contributed by atoms with Crippen LogP contribution in [-0.2, 0) is 13.2 Å². The highest BCUT2D eigenvalue weighted by Gasteiger charge is 2.09. The Balaban J connectivity index is 1.68. The molecule has 3 aromatic rings. The minimum absolute atomic E-state index is 0.450. The number of nitrogens with zero attached hydrogens (tertiary/aromatic N) is 1. The Hall–Kier alpha value is -2.79. The molecule has 0 aliphatic rings. The third kappa shape index (κ3) is 5.59. The van der Waals surface area contributed by atoms with Gasteiger partial charge in [0.25, 0.3) is 0 Å². The maximum Gasteiger partial charge on any atom is 0.170 e. The maximum atomic E-state index is 6.04. The van der Waals surface area contributed by atoms with Crippen LogP contribution in [0.3, 0.4) is 0 Å². The number of nitrogens with one attached hydrogen (secondary N) is 1. The predicted octanol–water partition coefficient (Wildman–Crippen LogP) is 5.16. The summed E-state index contributed by atoms with van der Waals surface area (Å²) in [4.78, 5) is 0. The number of hydrogen-bond acceptors (Lipinski definition) is 4. The van der Waals surface area contributed by atoms with Gasteiger partial charge < -0.3 is 14.9 Å². The zero-order chi connectivity index (χ0) is 18.9. The first kappa shape index (κ1) is 19.0. The molecule has 138 valence electrons. The fourth-order valence-electron chi connectivity index (χ4n) is 2.53. The summed E-state index contributed by atoms with van der Waals surface area (Å²) in [6.45, 7) is 1.11. The van der Waals surface area contributed by atoms with E-state index in [4.69, 9.17) is 9.47 Å². The zero-order valence-corrected chi connectivity index (χ0v) is 16.6. The second-order valence-electron chi connectivity index (χ2n) is 5.87. The fourth-order valence-corrected chi connectivity index (χ4v) is 2.80. The Morgan fingerprint density at radius 3 is 2.44 bits per heavy atom. The molecule has 3 rings (SSSR count). The van der Waals surface area contributed by atoms with E-state index in [0.29, 0.717) is 24.7 Å². The van der Waals surface area contributed by atoms with Crippen molar-refractivity contribution < 1.29 is 9.47 Å². The zero-order valence-electron chi connectivity index (χ0n) is 15.1. The summed E-state index contributed by atoms with van der Waals surface area (Å²) in [6.07, 6.45) is 1.75. The molecular formula is C22H21BrN2O2. The highest BCUT2D eigenvalue weighted by atomic mass is 79.9. The molecule has 0 heterocycles. The van der Waals surface area contributed by atoms with Crippen LogP contribution in [0.15, 0.2) is 82.4 Å². The van der Waals surface area contributed by atoms with E-state index < -0.39 is 0 Å². The first-order valence-electron chi connectivity index (χ1n) is 8.60. The molecule has 0 saturated carbocycles. The molecule has 5 heteroatoms. The molecule has 0 bridgehead atoms. The summed E-state index contributed by atoms with van der Waals surface area (Å²) < 4.78 is 12.5. The number of para-hydroxylation sites is 1. The average molecular weight is 425 g/mol. The van der Waals surface area contributed by atoms with Crippen LogP contribution < -0.4 is 14.9 Å². The Morgan fingerprint density at radius 1 is 0.926 bits per heavy atom. The van der Waals surface area contributed by atoms with Gasteiger partial charge in [0.15, 0.2) is 11.5 Å². The summed E-state index contributed by atoms with van der Waals surface area (Å²) in [7, 11) is 1.64. The van der Waals surface area contributed by atoms with E-state index in [1.165, 1.54) is 5.56 Å². The van der Waals surface area contributed by atoms with E-state index in [1.807, 2.05) is 60.7 Å². The van der Waals surface area contributed by atoms with E-state index in [-0.39, 0.29) is 0 Å². The molecule has 0 saturated heterocycles. The first-order valence-corrected chi connectivity index (χ1v) is 9.39. The molecule has 0 aromatic heterocycles. The largest absolute Gasteiger partial charge is 0.493 e. The SMILES string of the molecule is COc1cccc(C=NNCc2ccccc2)c1OCc1ccc(Br)cc1. The normalized spacial score (nSPS) is 10.7. The lowest BCUT2D eigenvalue weighted by Crippen LogP contribution is -2.06. The van der Waals surface area contributed by atoms with Crippen LogP contribution in [0.5, 0.6) is 11.5 Å². The van der Waals surface area contributed by atoms with E-state index in [0.717, 1.165) is 15.6 Å². The molecule has 0 aliphatic carbocycles. The van der Waals surface area contributed by atoms with Crippen molar-refractivity contribution in [3.05, 3.63) is 94.0 Å². The van der Waals surface area contributed by atoms with Gasteiger partial charge in [-0.1, -0.05) is 64.5 Å². The monoisotopic (exact) mass is 424 g/mol. The van der Waals surface area contributed by atoms with Crippen LogP contribution in [0.4, 0.5) is 0 Å². The predicted molar refractivity (Wildman–Crippen MR) is 112 cm³/mol. The molecule has 0 unspecified atom stereocenters. The summed E-state index contributed by atoms with van der Waals surface area (Å²) in [5.74, 6) is 1.35. The first-order chi connectivity index (χ1) is 13.3. The van der Waals surface area contributed by atoms with Gasteiger partial charge in [0.2, 0.25) is 0 Å². The number of ether oxygens (including phenoxy) is 2. The highest BCUT2D eigenvalue weighted by molar-refractivity contribution is 9.10. The molecular weight excluding hydrogens is 404 g/mol. The lowest BCUT2D eigenvalue weighted by molar-refractivity contribution is 0.284. The van der Waals surface area contributed by atoms with Crippen LogP contribution in [0.2, 0.25) is 0 Å². The number of halogens is 1. The molecule has 0 radical (unpaired) electrons. The number of methoxy groups -OCH3 is 1. The van der Waals surface area contributed by atoms with Gasteiger partial charge in [0, 0.05) is 10.0 Å². The van der Waals surface area contributed by atoms with Crippen molar-refractivity contribution in [2.24, 2.45) is 5.10 Å². The fraction of sp³-hybridized carbons (Fsp3) is 0.136. The molecule has 27 heavy (non-hydrogen) atoms.